The fourth-order valence-corrected chi connectivity index (χ4v) is 2.41. The van der Waals surface area contributed by atoms with E-state index in [1.165, 1.54) is 0 Å². The molecule has 3 atom stereocenters. The highest BCUT2D eigenvalue weighted by Crippen LogP contribution is 2.29. The van der Waals surface area contributed by atoms with Crippen LogP contribution >= 0.6 is 0 Å². The first-order chi connectivity index (χ1) is 9.22. The molecule has 0 aromatic carbocycles. The van der Waals surface area contributed by atoms with Gasteiger partial charge in [0, 0.05) is 12.4 Å². The Morgan fingerprint density at radius 2 is 2.37 bits per heavy atom. The molecule has 2 rings (SSSR count). The molecule has 0 radical (unpaired) electrons. The van der Waals surface area contributed by atoms with Crippen LogP contribution in [0.2, 0.25) is 0 Å². The molecule has 0 aliphatic carbocycles. The van der Waals surface area contributed by atoms with Gasteiger partial charge in [-0.05, 0) is 24.8 Å². The molecule has 3 unspecified atom stereocenters. The molecule has 104 valence electrons. The maximum absolute atomic E-state index is 11.9. The van der Waals surface area contributed by atoms with Crippen LogP contribution in [-0.2, 0) is 9.53 Å². The van der Waals surface area contributed by atoms with E-state index in [1.807, 2.05) is 29.1 Å². The minimum absolute atomic E-state index is 0.0630. The summed E-state index contributed by atoms with van der Waals surface area (Å²) in [6.07, 6.45) is 10.8. The second-order valence-corrected chi connectivity index (χ2v) is 5.23. The number of hydrogen-bond donors (Lipinski definition) is 0. The first kappa shape index (κ1) is 13.8. The Balaban J connectivity index is 2.12. The molecule has 19 heavy (non-hydrogen) atoms. The average molecular weight is 262 g/mol. The lowest BCUT2D eigenvalue weighted by atomic mass is 9.90. The average Bonchev–Trinajstić information content (AvgIpc) is 2.94. The number of nitrogens with zero attached hydrogens (tertiary/aromatic N) is 2. The first-order valence-corrected chi connectivity index (χ1v) is 7.04. The fourth-order valence-electron chi connectivity index (χ4n) is 2.41. The van der Waals surface area contributed by atoms with E-state index in [4.69, 9.17) is 4.74 Å². The lowest BCUT2D eigenvalue weighted by Crippen LogP contribution is -2.30. The van der Waals surface area contributed by atoms with Gasteiger partial charge in [-0.1, -0.05) is 32.4 Å². The smallest absolute Gasteiger partial charge is 0.315 e. The highest BCUT2D eigenvalue weighted by Gasteiger charge is 2.30. The molecular weight excluding hydrogens is 240 g/mol. The van der Waals surface area contributed by atoms with Crippen LogP contribution in [0.15, 0.2) is 30.6 Å². The molecule has 0 spiro atoms. The monoisotopic (exact) mass is 262 g/mol. The van der Waals surface area contributed by atoms with Crippen molar-refractivity contribution in [3.05, 3.63) is 30.6 Å². The predicted molar refractivity (Wildman–Crippen MR) is 73.5 cm³/mol. The number of hydrogen-bond acceptors (Lipinski definition) is 3. The third-order valence-electron chi connectivity index (χ3n) is 3.87. The van der Waals surface area contributed by atoms with Crippen molar-refractivity contribution in [1.82, 2.24) is 9.78 Å². The molecule has 0 amide bonds. The van der Waals surface area contributed by atoms with E-state index in [2.05, 4.69) is 18.9 Å². The summed E-state index contributed by atoms with van der Waals surface area (Å²) in [5.74, 6) is 0.325. The number of carbonyl (C=O) groups is 1. The van der Waals surface area contributed by atoms with E-state index >= 15 is 0 Å². The van der Waals surface area contributed by atoms with E-state index in [0.29, 0.717) is 12.5 Å². The quantitative estimate of drug-likeness (QED) is 0.585. The summed E-state index contributed by atoms with van der Waals surface area (Å²) in [6.45, 7) is 4.84. The van der Waals surface area contributed by atoms with E-state index < -0.39 is 0 Å². The normalized spacial score (nSPS) is 22.0. The van der Waals surface area contributed by atoms with Gasteiger partial charge in [0.1, 0.15) is 6.61 Å². The van der Waals surface area contributed by atoms with E-state index in [-0.39, 0.29) is 17.9 Å². The van der Waals surface area contributed by atoms with E-state index in [1.54, 1.807) is 6.20 Å². The summed E-state index contributed by atoms with van der Waals surface area (Å²) in [4.78, 5) is 11.9. The Morgan fingerprint density at radius 3 is 3.00 bits per heavy atom. The highest BCUT2D eigenvalue weighted by molar-refractivity contribution is 5.76. The van der Waals surface area contributed by atoms with Gasteiger partial charge in [-0.25, -0.2) is 0 Å². The maximum Gasteiger partial charge on any atom is 0.315 e. The molecule has 0 saturated carbocycles. The molecule has 0 fully saturated rings. The van der Waals surface area contributed by atoms with E-state index in [0.717, 1.165) is 19.3 Å². The standard InChI is InChI=1S/C15H22N2O2/c1-3-12(2)7-8-14(17-10-5-9-16-17)13-6-4-11-19-15(13)18/h4-6,9-10,12-14H,3,7-8,11H2,1-2H3. The molecule has 1 aliphatic rings. The van der Waals surface area contributed by atoms with Crippen molar-refractivity contribution in [2.45, 2.75) is 39.2 Å². The van der Waals surface area contributed by atoms with Crippen molar-refractivity contribution in [3.8, 4) is 0 Å². The molecule has 0 bridgehead atoms. The molecule has 1 aromatic rings. The van der Waals surface area contributed by atoms with Crippen LogP contribution in [0.5, 0.6) is 0 Å². The molecule has 1 aromatic heterocycles. The molecule has 2 heterocycles. The minimum Gasteiger partial charge on any atom is -0.461 e. The van der Waals surface area contributed by atoms with E-state index in [9.17, 15) is 4.79 Å². The largest absolute Gasteiger partial charge is 0.461 e. The number of carbonyl (C=O) groups excluding carboxylic acids is 1. The van der Waals surface area contributed by atoms with Gasteiger partial charge in [0.15, 0.2) is 0 Å². The third kappa shape index (κ3) is 3.46. The van der Waals surface area contributed by atoms with Crippen molar-refractivity contribution < 1.29 is 9.53 Å². The van der Waals surface area contributed by atoms with Crippen LogP contribution < -0.4 is 0 Å². The van der Waals surface area contributed by atoms with Gasteiger partial charge in [-0.15, -0.1) is 0 Å². The zero-order valence-electron chi connectivity index (χ0n) is 11.7. The number of esters is 1. The van der Waals surface area contributed by atoms with Gasteiger partial charge in [0.25, 0.3) is 0 Å². The number of cyclic esters (lactones) is 1. The molecule has 0 saturated heterocycles. The minimum atomic E-state index is -0.210. The number of ether oxygens (including phenoxy) is 1. The van der Waals surface area contributed by atoms with Crippen LogP contribution in [0.1, 0.15) is 39.2 Å². The van der Waals surface area contributed by atoms with Gasteiger partial charge >= 0.3 is 5.97 Å². The zero-order valence-corrected chi connectivity index (χ0v) is 11.7. The lowest BCUT2D eigenvalue weighted by Gasteiger charge is -2.26. The lowest BCUT2D eigenvalue weighted by molar-refractivity contribution is -0.148. The number of aromatic nitrogens is 2. The zero-order chi connectivity index (χ0) is 13.7. The van der Waals surface area contributed by atoms with Gasteiger partial charge in [0.2, 0.25) is 0 Å². The summed E-state index contributed by atoms with van der Waals surface area (Å²) in [5.41, 5.74) is 0. The van der Waals surface area contributed by atoms with Gasteiger partial charge < -0.3 is 4.74 Å². The molecule has 4 nitrogen and oxygen atoms in total. The van der Waals surface area contributed by atoms with Crippen molar-refractivity contribution in [1.29, 1.82) is 0 Å². The van der Waals surface area contributed by atoms with Crippen molar-refractivity contribution in [2.75, 3.05) is 6.61 Å². The Bertz CT molecular complexity index is 425. The van der Waals surface area contributed by atoms with Crippen LogP contribution in [0, 0.1) is 11.8 Å². The van der Waals surface area contributed by atoms with Gasteiger partial charge in [0.05, 0.1) is 12.0 Å². The summed E-state index contributed by atoms with van der Waals surface area (Å²) in [6, 6.07) is 1.96. The van der Waals surface area contributed by atoms with Crippen molar-refractivity contribution in [2.24, 2.45) is 11.8 Å². The Labute approximate surface area is 114 Å². The van der Waals surface area contributed by atoms with Crippen LogP contribution in [0.25, 0.3) is 0 Å². The Hall–Kier alpha value is -1.58. The fraction of sp³-hybridized carbons (Fsp3) is 0.600. The molecule has 4 heteroatoms. The van der Waals surface area contributed by atoms with Crippen molar-refractivity contribution in [3.63, 3.8) is 0 Å². The summed E-state index contributed by atoms with van der Waals surface area (Å²) >= 11 is 0. The third-order valence-corrected chi connectivity index (χ3v) is 3.87. The summed E-state index contributed by atoms with van der Waals surface area (Å²) < 4.78 is 7.03. The Morgan fingerprint density at radius 1 is 1.53 bits per heavy atom. The molecule has 0 N–H and O–H groups in total. The van der Waals surface area contributed by atoms with Gasteiger partial charge in [-0.3, -0.25) is 9.48 Å². The van der Waals surface area contributed by atoms with Crippen LogP contribution in [-0.4, -0.2) is 22.4 Å². The molecular formula is C15H22N2O2. The second kappa shape index (κ2) is 6.55. The van der Waals surface area contributed by atoms with Crippen molar-refractivity contribution >= 4 is 5.97 Å². The predicted octanol–water partition coefficient (Wildman–Crippen LogP) is 2.98. The van der Waals surface area contributed by atoms with Gasteiger partial charge in [-0.2, -0.15) is 5.10 Å². The topological polar surface area (TPSA) is 44.1 Å². The SMILES string of the molecule is CCC(C)CCC(C1C=CCOC1=O)n1cccn1. The summed E-state index contributed by atoms with van der Waals surface area (Å²) in [7, 11) is 0. The summed E-state index contributed by atoms with van der Waals surface area (Å²) in [5, 5.41) is 4.30. The van der Waals surface area contributed by atoms with Crippen LogP contribution in [0.3, 0.4) is 0 Å². The highest BCUT2D eigenvalue weighted by atomic mass is 16.5. The maximum atomic E-state index is 11.9. The first-order valence-electron chi connectivity index (χ1n) is 7.04. The number of rotatable bonds is 6. The molecule has 1 aliphatic heterocycles. The van der Waals surface area contributed by atoms with Crippen LogP contribution in [0.4, 0.5) is 0 Å². The second-order valence-electron chi connectivity index (χ2n) is 5.23. The Kier molecular flexibility index (Phi) is 4.77.